The number of anilines is 1. The van der Waals surface area contributed by atoms with Crippen molar-refractivity contribution in [3.63, 3.8) is 0 Å². The van der Waals surface area contributed by atoms with E-state index in [9.17, 15) is 4.79 Å². The van der Waals surface area contributed by atoms with Gasteiger partial charge in [-0.25, -0.2) is 9.78 Å². The van der Waals surface area contributed by atoms with Crippen LogP contribution in [0.25, 0.3) is 0 Å². The van der Waals surface area contributed by atoms with E-state index in [-0.39, 0.29) is 5.97 Å². The monoisotopic (exact) mass is 242 g/mol. The van der Waals surface area contributed by atoms with E-state index in [0.717, 1.165) is 17.7 Å². The molecule has 1 rings (SSSR count). The summed E-state index contributed by atoms with van der Waals surface area (Å²) in [6.45, 7) is 7.55. The number of nitrogens with zero attached hydrogens (tertiary/aromatic N) is 1. The molecule has 1 aromatic heterocycles. The van der Waals surface area contributed by atoms with Gasteiger partial charge in [0.25, 0.3) is 0 Å². The summed E-state index contributed by atoms with van der Waals surface area (Å²) in [7, 11) is 0. The lowest BCUT2D eigenvalue weighted by Gasteiger charge is -2.18. The molecule has 0 bridgehead atoms. The van der Waals surface area contributed by atoms with Gasteiger partial charge in [-0.3, -0.25) is 0 Å². The van der Waals surface area contributed by atoms with E-state index in [1.165, 1.54) is 11.3 Å². The van der Waals surface area contributed by atoms with Gasteiger partial charge >= 0.3 is 5.97 Å². The van der Waals surface area contributed by atoms with Gasteiger partial charge in [0.05, 0.1) is 0 Å². The zero-order valence-corrected chi connectivity index (χ0v) is 11.0. The summed E-state index contributed by atoms with van der Waals surface area (Å²) in [5, 5.41) is 0.421. The maximum absolute atomic E-state index is 11.8. The highest BCUT2D eigenvalue weighted by atomic mass is 32.1. The number of hydrogen-bond acceptors (Lipinski definition) is 5. The minimum Gasteiger partial charge on any atom is -0.455 e. The van der Waals surface area contributed by atoms with Crippen LogP contribution in [-0.2, 0) is 11.2 Å². The number of rotatable bonds is 3. The maximum atomic E-state index is 11.8. The second-order valence-corrected chi connectivity index (χ2v) is 5.69. The molecular formula is C11H18N2O2S. The van der Waals surface area contributed by atoms with Gasteiger partial charge in [-0.05, 0) is 27.2 Å². The van der Waals surface area contributed by atoms with E-state index in [4.69, 9.17) is 10.5 Å². The zero-order chi connectivity index (χ0) is 12.3. The Morgan fingerprint density at radius 2 is 2.12 bits per heavy atom. The number of aryl methyl sites for hydroxylation is 1. The minimum absolute atomic E-state index is 0.374. The van der Waals surface area contributed by atoms with Crippen molar-refractivity contribution in [2.75, 3.05) is 5.73 Å². The Morgan fingerprint density at radius 3 is 2.62 bits per heavy atom. The van der Waals surface area contributed by atoms with Crippen LogP contribution in [-0.4, -0.2) is 16.6 Å². The number of nitrogen functional groups attached to an aromatic ring is 1. The third kappa shape index (κ3) is 3.48. The first kappa shape index (κ1) is 13.0. The maximum Gasteiger partial charge on any atom is 0.358 e. The van der Waals surface area contributed by atoms with Gasteiger partial charge in [-0.2, -0.15) is 0 Å². The molecule has 1 heterocycles. The molecule has 0 amide bonds. The molecule has 4 nitrogen and oxygen atoms in total. The van der Waals surface area contributed by atoms with E-state index in [1.54, 1.807) is 0 Å². The van der Waals surface area contributed by atoms with Crippen molar-refractivity contribution in [3.05, 3.63) is 10.6 Å². The lowest BCUT2D eigenvalue weighted by atomic mass is 10.2. The van der Waals surface area contributed by atoms with Crippen molar-refractivity contribution < 1.29 is 9.53 Å². The van der Waals surface area contributed by atoms with Gasteiger partial charge < -0.3 is 10.5 Å². The van der Waals surface area contributed by atoms with Gasteiger partial charge in [-0.15, -0.1) is 11.3 Å². The van der Waals surface area contributed by atoms with Gasteiger partial charge in [0.15, 0.2) is 10.8 Å². The summed E-state index contributed by atoms with van der Waals surface area (Å²) in [5.74, 6) is -0.385. The fourth-order valence-corrected chi connectivity index (χ4v) is 2.17. The molecule has 16 heavy (non-hydrogen) atoms. The molecule has 0 saturated carbocycles. The number of aromatic nitrogens is 1. The lowest BCUT2D eigenvalue weighted by molar-refractivity contribution is 0.00627. The van der Waals surface area contributed by atoms with Gasteiger partial charge in [0, 0.05) is 4.88 Å². The summed E-state index contributed by atoms with van der Waals surface area (Å²) in [6.07, 6.45) is 1.76. The molecule has 0 fully saturated rings. The molecular weight excluding hydrogens is 224 g/mol. The Labute approximate surface area is 99.8 Å². The molecule has 0 aliphatic rings. The molecule has 0 radical (unpaired) electrons. The lowest BCUT2D eigenvalue weighted by Crippen LogP contribution is -2.24. The minimum atomic E-state index is -0.501. The zero-order valence-electron chi connectivity index (χ0n) is 10.2. The second kappa shape index (κ2) is 4.82. The topological polar surface area (TPSA) is 65.2 Å². The van der Waals surface area contributed by atoms with E-state index in [2.05, 4.69) is 11.9 Å². The van der Waals surface area contributed by atoms with E-state index < -0.39 is 5.60 Å². The van der Waals surface area contributed by atoms with Crippen LogP contribution in [0.4, 0.5) is 5.13 Å². The van der Waals surface area contributed by atoms with Crippen molar-refractivity contribution in [1.82, 2.24) is 4.98 Å². The van der Waals surface area contributed by atoms with Crippen LogP contribution in [0.2, 0.25) is 0 Å². The SMILES string of the molecule is CCCc1sc(N)nc1C(=O)OC(C)(C)C. The molecule has 0 aliphatic carbocycles. The standard InChI is InChI=1S/C11H18N2O2S/c1-5-6-7-8(13-10(12)16-7)9(14)15-11(2,3)4/h5-6H2,1-4H3,(H2,12,13). The van der Waals surface area contributed by atoms with Gasteiger partial charge in [0.1, 0.15) is 5.60 Å². The first-order valence-electron chi connectivity index (χ1n) is 5.32. The Hall–Kier alpha value is -1.10. The number of esters is 1. The van der Waals surface area contributed by atoms with Crippen LogP contribution in [0.1, 0.15) is 49.5 Å². The average Bonchev–Trinajstić information content (AvgIpc) is 2.44. The number of ether oxygens (including phenoxy) is 1. The summed E-state index contributed by atoms with van der Waals surface area (Å²) >= 11 is 1.36. The summed E-state index contributed by atoms with van der Waals surface area (Å²) in [6, 6.07) is 0. The Bertz CT molecular complexity index is 380. The van der Waals surface area contributed by atoms with Crippen LogP contribution in [0.5, 0.6) is 0 Å². The number of nitrogens with two attached hydrogens (primary N) is 1. The van der Waals surface area contributed by atoms with Crippen molar-refractivity contribution in [2.45, 2.75) is 46.1 Å². The molecule has 1 aromatic rings. The normalized spacial score (nSPS) is 11.5. The van der Waals surface area contributed by atoms with Gasteiger partial charge in [0.2, 0.25) is 0 Å². The molecule has 0 spiro atoms. The van der Waals surface area contributed by atoms with Crippen molar-refractivity contribution in [3.8, 4) is 0 Å². The number of carbonyl (C=O) groups is 1. The average molecular weight is 242 g/mol. The quantitative estimate of drug-likeness (QED) is 0.827. The second-order valence-electron chi connectivity index (χ2n) is 4.58. The number of thiazole rings is 1. The molecule has 0 saturated heterocycles. The van der Waals surface area contributed by atoms with Crippen molar-refractivity contribution in [2.24, 2.45) is 0 Å². The highest BCUT2D eigenvalue weighted by Gasteiger charge is 2.23. The van der Waals surface area contributed by atoms with E-state index in [1.807, 2.05) is 20.8 Å². The van der Waals surface area contributed by atoms with Crippen LogP contribution in [0.15, 0.2) is 0 Å². The molecule has 0 atom stereocenters. The first-order valence-corrected chi connectivity index (χ1v) is 6.13. The molecule has 0 aliphatic heterocycles. The smallest absolute Gasteiger partial charge is 0.358 e. The molecule has 5 heteroatoms. The van der Waals surface area contributed by atoms with Crippen LogP contribution >= 0.6 is 11.3 Å². The highest BCUT2D eigenvalue weighted by molar-refractivity contribution is 7.15. The summed E-state index contributed by atoms with van der Waals surface area (Å²) in [4.78, 5) is 16.8. The number of carbonyl (C=O) groups excluding carboxylic acids is 1. The first-order chi connectivity index (χ1) is 7.33. The fourth-order valence-electron chi connectivity index (χ4n) is 1.25. The predicted molar refractivity (Wildman–Crippen MR) is 65.7 cm³/mol. The predicted octanol–water partition coefficient (Wildman–Crippen LogP) is 2.63. The fraction of sp³-hybridized carbons (Fsp3) is 0.636. The summed E-state index contributed by atoms with van der Waals surface area (Å²) < 4.78 is 5.27. The van der Waals surface area contributed by atoms with Gasteiger partial charge in [-0.1, -0.05) is 13.3 Å². The van der Waals surface area contributed by atoms with E-state index in [0.29, 0.717) is 10.8 Å². The number of hydrogen-bond donors (Lipinski definition) is 1. The third-order valence-corrected chi connectivity index (χ3v) is 2.73. The molecule has 0 unspecified atom stereocenters. The Morgan fingerprint density at radius 1 is 1.50 bits per heavy atom. The summed E-state index contributed by atoms with van der Waals surface area (Å²) in [5.41, 5.74) is 5.48. The third-order valence-electron chi connectivity index (χ3n) is 1.78. The Balaban J connectivity index is 2.90. The van der Waals surface area contributed by atoms with Crippen LogP contribution < -0.4 is 5.73 Å². The largest absolute Gasteiger partial charge is 0.455 e. The van der Waals surface area contributed by atoms with Crippen molar-refractivity contribution in [1.29, 1.82) is 0 Å². The molecule has 90 valence electrons. The Kier molecular flexibility index (Phi) is 3.91. The molecule has 0 aromatic carbocycles. The van der Waals surface area contributed by atoms with Crippen LogP contribution in [0.3, 0.4) is 0 Å². The van der Waals surface area contributed by atoms with Crippen LogP contribution in [0, 0.1) is 0 Å². The molecule has 2 N–H and O–H groups in total. The highest BCUT2D eigenvalue weighted by Crippen LogP contribution is 2.24. The van der Waals surface area contributed by atoms with E-state index >= 15 is 0 Å². The van der Waals surface area contributed by atoms with Crippen molar-refractivity contribution >= 4 is 22.4 Å².